The third kappa shape index (κ3) is 3.68. The number of hydrogen-bond donors (Lipinski definition) is 1. The third-order valence-electron chi connectivity index (χ3n) is 4.25. The lowest BCUT2D eigenvalue weighted by Crippen LogP contribution is -2.04. The summed E-state index contributed by atoms with van der Waals surface area (Å²) < 4.78 is 27.4. The number of rotatable bonds is 5. The SMILES string of the molecule is O=S(=O)(c1ccccc1)c1nn(-c2ccccc2)c(/N=C/c2ccccc2)c1O. The van der Waals surface area contributed by atoms with Crippen LogP contribution < -0.4 is 0 Å². The van der Waals surface area contributed by atoms with Crippen LogP contribution in [-0.4, -0.2) is 29.5 Å². The van der Waals surface area contributed by atoms with Crippen molar-refractivity contribution < 1.29 is 13.5 Å². The molecule has 0 atom stereocenters. The van der Waals surface area contributed by atoms with Crippen molar-refractivity contribution in [2.24, 2.45) is 4.99 Å². The molecule has 0 saturated heterocycles. The quantitative estimate of drug-likeness (QED) is 0.507. The molecule has 1 aromatic heterocycles. The molecular weight excluding hydrogens is 386 g/mol. The molecule has 3 aromatic carbocycles. The van der Waals surface area contributed by atoms with Gasteiger partial charge in [0.25, 0.3) is 0 Å². The molecule has 0 fully saturated rings. The summed E-state index contributed by atoms with van der Waals surface area (Å²) in [6, 6.07) is 26.1. The van der Waals surface area contributed by atoms with Crippen molar-refractivity contribution in [3.63, 3.8) is 0 Å². The van der Waals surface area contributed by atoms with Gasteiger partial charge >= 0.3 is 0 Å². The first kappa shape index (κ1) is 18.6. The number of hydrogen-bond acceptors (Lipinski definition) is 5. The zero-order valence-electron chi connectivity index (χ0n) is 15.3. The first-order chi connectivity index (χ1) is 14.1. The number of aliphatic imine (C=N–C) groups is 1. The summed E-state index contributed by atoms with van der Waals surface area (Å²) in [4.78, 5) is 4.39. The van der Waals surface area contributed by atoms with Crippen LogP contribution in [0.1, 0.15) is 5.56 Å². The molecule has 7 heteroatoms. The van der Waals surface area contributed by atoms with Crippen LogP contribution in [0.2, 0.25) is 0 Å². The highest BCUT2D eigenvalue weighted by Gasteiger charge is 2.29. The fourth-order valence-corrected chi connectivity index (χ4v) is 4.09. The van der Waals surface area contributed by atoms with Crippen LogP contribution in [0.3, 0.4) is 0 Å². The van der Waals surface area contributed by atoms with E-state index in [1.807, 2.05) is 36.4 Å². The lowest BCUT2D eigenvalue weighted by Gasteiger charge is -2.03. The molecule has 0 amide bonds. The van der Waals surface area contributed by atoms with E-state index in [4.69, 9.17) is 0 Å². The predicted octanol–water partition coefficient (Wildman–Crippen LogP) is 4.16. The Morgan fingerprint density at radius 3 is 2.00 bits per heavy atom. The highest BCUT2D eigenvalue weighted by atomic mass is 32.2. The molecule has 144 valence electrons. The zero-order chi connectivity index (χ0) is 20.3. The first-order valence-electron chi connectivity index (χ1n) is 8.84. The van der Waals surface area contributed by atoms with Gasteiger partial charge in [-0.15, -0.1) is 5.10 Å². The third-order valence-corrected chi connectivity index (χ3v) is 5.93. The summed E-state index contributed by atoms with van der Waals surface area (Å²) in [6.07, 6.45) is 1.55. The van der Waals surface area contributed by atoms with E-state index in [-0.39, 0.29) is 10.7 Å². The maximum absolute atomic E-state index is 13.0. The molecule has 0 saturated carbocycles. The van der Waals surface area contributed by atoms with E-state index in [1.165, 1.54) is 16.8 Å². The second kappa shape index (κ2) is 7.73. The number of para-hydroxylation sites is 1. The average Bonchev–Trinajstić information content (AvgIpc) is 3.11. The fourth-order valence-electron chi connectivity index (χ4n) is 2.81. The molecule has 1 heterocycles. The highest BCUT2D eigenvalue weighted by molar-refractivity contribution is 7.91. The van der Waals surface area contributed by atoms with Gasteiger partial charge in [0, 0.05) is 6.21 Å². The topological polar surface area (TPSA) is 84.5 Å². The average molecular weight is 403 g/mol. The molecule has 0 radical (unpaired) electrons. The first-order valence-corrected chi connectivity index (χ1v) is 10.3. The standard InChI is InChI=1S/C22H17N3O3S/c26-20-21(23-16-17-10-4-1-5-11-17)25(18-12-6-2-7-13-18)24-22(20)29(27,28)19-14-8-3-9-15-19/h1-16,26H/b23-16+. The van der Waals surface area contributed by atoms with Gasteiger partial charge in [-0.2, -0.15) is 0 Å². The molecular formula is C22H17N3O3S. The van der Waals surface area contributed by atoms with Gasteiger partial charge in [0.1, 0.15) is 0 Å². The molecule has 0 aliphatic carbocycles. The summed E-state index contributed by atoms with van der Waals surface area (Å²) in [5.74, 6) is -0.459. The van der Waals surface area contributed by atoms with E-state index in [1.54, 1.807) is 48.7 Å². The second-order valence-corrected chi connectivity index (χ2v) is 8.08. The maximum Gasteiger partial charge on any atom is 0.229 e. The summed E-state index contributed by atoms with van der Waals surface area (Å²) in [5, 5.41) is 14.5. The molecule has 4 rings (SSSR count). The van der Waals surface area contributed by atoms with Gasteiger partial charge in [0.05, 0.1) is 10.6 Å². The Hall–Kier alpha value is -3.71. The molecule has 1 N–H and O–H groups in total. The van der Waals surface area contributed by atoms with E-state index in [2.05, 4.69) is 10.1 Å². The van der Waals surface area contributed by atoms with Gasteiger partial charge < -0.3 is 5.11 Å². The predicted molar refractivity (Wildman–Crippen MR) is 111 cm³/mol. The highest BCUT2D eigenvalue weighted by Crippen LogP contribution is 2.37. The lowest BCUT2D eigenvalue weighted by atomic mass is 10.2. The maximum atomic E-state index is 13.0. The van der Waals surface area contributed by atoms with Crippen LogP contribution in [0.4, 0.5) is 5.82 Å². The van der Waals surface area contributed by atoms with E-state index in [0.29, 0.717) is 5.69 Å². The molecule has 0 bridgehead atoms. The van der Waals surface area contributed by atoms with E-state index < -0.39 is 20.6 Å². The van der Waals surface area contributed by atoms with Gasteiger partial charge in [-0.1, -0.05) is 66.7 Å². The minimum Gasteiger partial charge on any atom is -0.502 e. The van der Waals surface area contributed by atoms with Crippen molar-refractivity contribution in [1.29, 1.82) is 0 Å². The Kier molecular flexibility index (Phi) is 4.97. The van der Waals surface area contributed by atoms with Crippen LogP contribution >= 0.6 is 0 Å². The summed E-state index contributed by atoms with van der Waals surface area (Å²) in [6.45, 7) is 0. The summed E-state index contributed by atoms with van der Waals surface area (Å²) in [7, 11) is -4.02. The molecule has 4 aromatic rings. The monoisotopic (exact) mass is 403 g/mol. The minimum atomic E-state index is -4.02. The van der Waals surface area contributed by atoms with Crippen LogP contribution in [0.15, 0.2) is 106 Å². The molecule has 0 unspecified atom stereocenters. The second-order valence-electron chi connectivity index (χ2n) is 6.21. The van der Waals surface area contributed by atoms with Crippen LogP contribution in [-0.2, 0) is 9.84 Å². The van der Waals surface area contributed by atoms with Crippen LogP contribution in [0.5, 0.6) is 5.75 Å². The van der Waals surface area contributed by atoms with Gasteiger partial charge in [-0.25, -0.2) is 18.1 Å². The Labute approximate surface area is 168 Å². The van der Waals surface area contributed by atoms with Crippen molar-refractivity contribution >= 4 is 21.9 Å². The Morgan fingerprint density at radius 1 is 0.828 bits per heavy atom. The van der Waals surface area contributed by atoms with Gasteiger partial charge in [0.2, 0.25) is 20.6 Å². The zero-order valence-corrected chi connectivity index (χ0v) is 16.1. The fraction of sp³-hybridized carbons (Fsp3) is 0. The Balaban J connectivity index is 1.89. The molecule has 0 aliphatic rings. The van der Waals surface area contributed by atoms with Gasteiger partial charge in [-0.05, 0) is 29.8 Å². The van der Waals surface area contributed by atoms with Gasteiger partial charge in [0.15, 0.2) is 5.82 Å². The summed E-state index contributed by atoms with van der Waals surface area (Å²) in [5.41, 5.74) is 1.39. The Bertz CT molecular complexity index is 1250. The number of sulfone groups is 1. The number of aromatic nitrogens is 2. The van der Waals surface area contributed by atoms with Crippen LogP contribution in [0, 0.1) is 0 Å². The summed E-state index contributed by atoms with van der Waals surface area (Å²) >= 11 is 0. The van der Waals surface area contributed by atoms with E-state index in [9.17, 15) is 13.5 Å². The van der Waals surface area contributed by atoms with E-state index >= 15 is 0 Å². The smallest absolute Gasteiger partial charge is 0.229 e. The molecule has 29 heavy (non-hydrogen) atoms. The minimum absolute atomic E-state index is 0.0366. The lowest BCUT2D eigenvalue weighted by molar-refractivity contribution is 0.459. The molecule has 0 aliphatic heterocycles. The number of aromatic hydroxyl groups is 1. The van der Waals surface area contributed by atoms with Crippen molar-refractivity contribution in [3.8, 4) is 11.4 Å². The van der Waals surface area contributed by atoms with Crippen molar-refractivity contribution in [1.82, 2.24) is 9.78 Å². The molecule has 0 spiro atoms. The van der Waals surface area contributed by atoms with E-state index in [0.717, 1.165) is 5.56 Å². The Morgan fingerprint density at radius 2 is 1.38 bits per heavy atom. The molecule has 6 nitrogen and oxygen atoms in total. The largest absolute Gasteiger partial charge is 0.502 e. The van der Waals surface area contributed by atoms with Gasteiger partial charge in [-0.3, -0.25) is 0 Å². The van der Waals surface area contributed by atoms with Crippen molar-refractivity contribution in [3.05, 3.63) is 96.6 Å². The van der Waals surface area contributed by atoms with Crippen LogP contribution in [0.25, 0.3) is 5.69 Å². The van der Waals surface area contributed by atoms with Crippen molar-refractivity contribution in [2.75, 3.05) is 0 Å². The number of benzene rings is 3. The normalized spacial score (nSPS) is 11.7. The van der Waals surface area contributed by atoms with Crippen molar-refractivity contribution in [2.45, 2.75) is 9.92 Å². The number of nitrogens with zero attached hydrogens (tertiary/aromatic N) is 3.